The summed E-state index contributed by atoms with van der Waals surface area (Å²) in [7, 11) is -3.44. The molecule has 2 unspecified atom stereocenters. The maximum atomic E-state index is 12.3. The molecule has 1 saturated heterocycles. The van der Waals surface area contributed by atoms with Gasteiger partial charge in [-0.15, -0.1) is 0 Å². The highest BCUT2D eigenvalue weighted by Gasteiger charge is 2.30. The number of hydrogen-bond donors (Lipinski definition) is 2. The molecule has 8 nitrogen and oxygen atoms in total. The van der Waals surface area contributed by atoms with Gasteiger partial charge in [-0.25, -0.2) is 8.42 Å². The minimum absolute atomic E-state index is 0.0170. The zero-order chi connectivity index (χ0) is 19.0. The number of sulfonamides is 1. The summed E-state index contributed by atoms with van der Waals surface area (Å²) in [4.78, 5) is 23.2. The van der Waals surface area contributed by atoms with Gasteiger partial charge in [0.15, 0.2) is 0 Å². The monoisotopic (exact) mass is 377 g/mol. The third kappa shape index (κ3) is 8.64. The van der Waals surface area contributed by atoms with Crippen molar-refractivity contribution in [3.63, 3.8) is 0 Å². The van der Waals surface area contributed by atoms with Crippen molar-refractivity contribution in [3.8, 4) is 0 Å². The molecule has 0 bridgehead atoms. The standard InChI is InChI=1S/C16H31N3O5S/c1-12(2)5-6-15(20)18-9-16(21)17-7-8-25(22,23)19-10-13(3)24-14(4)11-19/h12-14H,5-11H2,1-4H3,(H,17,21)(H,18,20). The van der Waals surface area contributed by atoms with E-state index in [1.54, 1.807) is 0 Å². The van der Waals surface area contributed by atoms with Crippen LogP contribution >= 0.6 is 0 Å². The molecule has 1 aliphatic heterocycles. The van der Waals surface area contributed by atoms with Crippen molar-refractivity contribution in [2.45, 2.75) is 52.7 Å². The Morgan fingerprint density at radius 2 is 1.72 bits per heavy atom. The Kier molecular flexibility index (Phi) is 8.81. The minimum atomic E-state index is -3.44. The first-order valence-electron chi connectivity index (χ1n) is 8.77. The number of carbonyl (C=O) groups is 2. The molecule has 2 N–H and O–H groups in total. The Hall–Kier alpha value is -1.19. The molecule has 2 amide bonds. The predicted octanol–water partition coefficient (Wildman–Crippen LogP) is 0.0940. The molecule has 1 aliphatic rings. The molecule has 0 spiro atoms. The second-order valence-electron chi connectivity index (χ2n) is 6.95. The third-order valence-corrected chi connectivity index (χ3v) is 5.66. The number of hydrogen-bond acceptors (Lipinski definition) is 5. The van der Waals surface area contributed by atoms with Gasteiger partial charge in [0, 0.05) is 26.1 Å². The third-order valence-electron chi connectivity index (χ3n) is 3.86. The zero-order valence-electron chi connectivity index (χ0n) is 15.6. The molecule has 0 aromatic heterocycles. The molecule has 0 radical (unpaired) electrons. The maximum Gasteiger partial charge on any atom is 0.239 e. The number of nitrogens with one attached hydrogen (secondary N) is 2. The molecule has 1 fully saturated rings. The van der Waals surface area contributed by atoms with Crippen LogP contribution in [0.1, 0.15) is 40.5 Å². The van der Waals surface area contributed by atoms with Crippen molar-refractivity contribution in [1.82, 2.24) is 14.9 Å². The number of rotatable bonds is 9. The fourth-order valence-electron chi connectivity index (χ4n) is 2.56. The van der Waals surface area contributed by atoms with E-state index in [0.717, 1.165) is 6.42 Å². The smallest absolute Gasteiger partial charge is 0.239 e. The van der Waals surface area contributed by atoms with Crippen LogP contribution in [0.5, 0.6) is 0 Å². The van der Waals surface area contributed by atoms with Crippen LogP contribution in [0.4, 0.5) is 0 Å². The van der Waals surface area contributed by atoms with Crippen LogP contribution < -0.4 is 10.6 Å². The summed E-state index contributed by atoms with van der Waals surface area (Å²) in [6.07, 6.45) is 0.859. The van der Waals surface area contributed by atoms with Crippen molar-refractivity contribution in [2.75, 3.05) is 31.9 Å². The van der Waals surface area contributed by atoms with Crippen molar-refractivity contribution < 1.29 is 22.7 Å². The van der Waals surface area contributed by atoms with E-state index in [0.29, 0.717) is 25.4 Å². The highest BCUT2D eigenvalue weighted by atomic mass is 32.2. The minimum Gasteiger partial charge on any atom is -0.373 e. The average Bonchev–Trinajstić information content (AvgIpc) is 2.49. The van der Waals surface area contributed by atoms with Crippen LogP contribution in [-0.2, 0) is 24.3 Å². The summed E-state index contributed by atoms with van der Waals surface area (Å²) in [5.41, 5.74) is 0. The summed E-state index contributed by atoms with van der Waals surface area (Å²) in [6.45, 7) is 8.25. The van der Waals surface area contributed by atoms with Crippen LogP contribution in [0.25, 0.3) is 0 Å². The van der Waals surface area contributed by atoms with Gasteiger partial charge < -0.3 is 15.4 Å². The average molecular weight is 378 g/mol. The molecule has 0 saturated carbocycles. The van der Waals surface area contributed by atoms with E-state index in [2.05, 4.69) is 10.6 Å². The Balaban J connectivity index is 2.28. The zero-order valence-corrected chi connectivity index (χ0v) is 16.4. The van der Waals surface area contributed by atoms with Crippen molar-refractivity contribution >= 4 is 21.8 Å². The van der Waals surface area contributed by atoms with E-state index in [4.69, 9.17) is 4.74 Å². The lowest BCUT2D eigenvalue weighted by Gasteiger charge is -2.34. The Bertz CT molecular complexity index is 540. The Morgan fingerprint density at radius 3 is 2.28 bits per heavy atom. The number of amides is 2. The molecule has 0 aromatic rings. The summed E-state index contributed by atoms with van der Waals surface area (Å²) < 4.78 is 31.6. The van der Waals surface area contributed by atoms with Gasteiger partial charge in [-0.1, -0.05) is 13.8 Å². The normalized spacial score (nSPS) is 22.0. The molecule has 0 aromatic carbocycles. The van der Waals surface area contributed by atoms with E-state index in [1.165, 1.54) is 4.31 Å². The lowest BCUT2D eigenvalue weighted by atomic mass is 10.1. The van der Waals surface area contributed by atoms with Gasteiger partial charge >= 0.3 is 0 Å². The van der Waals surface area contributed by atoms with Gasteiger partial charge in [-0.2, -0.15) is 4.31 Å². The number of nitrogens with zero attached hydrogens (tertiary/aromatic N) is 1. The summed E-state index contributed by atoms with van der Waals surface area (Å²) in [6, 6.07) is 0. The second-order valence-corrected chi connectivity index (χ2v) is 9.04. The molecule has 9 heteroatoms. The highest BCUT2D eigenvalue weighted by Crippen LogP contribution is 2.14. The number of morpholine rings is 1. The first-order chi connectivity index (χ1) is 11.6. The number of ether oxygens (including phenoxy) is 1. The van der Waals surface area contributed by atoms with Crippen molar-refractivity contribution in [1.29, 1.82) is 0 Å². The fourth-order valence-corrected chi connectivity index (χ4v) is 4.05. The number of carbonyl (C=O) groups excluding carboxylic acids is 2. The van der Waals surface area contributed by atoms with E-state index < -0.39 is 15.9 Å². The first kappa shape index (κ1) is 21.9. The Morgan fingerprint density at radius 1 is 1.12 bits per heavy atom. The highest BCUT2D eigenvalue weighted by molar-refractivity contribution is 7.89. The lowest BCUT2D eigenvalue weighted by molar-refractivity contribution is -0.126. The molecular weight excluding hydrogens is 346 g/mol. The van der Waals surface area contributed by atoms with E-state index in [9.17, 15) is 18.0 Å². The van der Waals surface area contributed by atoms with Gasteiger partial charge in [-0.3, -0.25) is 9.59 Å². The van der Waals surface area contributed by atoms with Crippen LogP contribution in [0.15, 0.2) is 0 Å². The van der Waals surface area contributed by atoms with Crippen LogP contribution in [0, 0.1) is 5.92 Å². The van der Waals surface area contributed by atoms with Gasteiger partial charge in [0.05, 0.1) is 24.5 Å². The van der Waals surface area contributed by atoms with Gasteiger partial charge in [0.25, 0.3) is 0 Å². The molecule has 25 heavy (non-hydrogen) atoms. The molecule has 2 atom stereocenters. The molecule has 146 valence electrons. The summed E-state index contributed by atoms with van der Waals surface area (Å²) in [5, 5.41) is 5.06. The van der Waals surface area contributed by atoms with Gasteiger partial charge in [0.2, 0.25) is 21.8 Å². The SMILES string of the molecule is CC(C)CCC(=O)NCC(=O)NCCS(=O)(=O)N1CC(C)OC(C)C1. The van der Waals surface area contributed by atoms with Gasteiger partial charge in [0.1, 0.15) is 0 Å². The van der Waals surface area contributed by atoms with Crippen LogP contribution in [0.2, 0.25) is 0 Å². The van der Waals surface area contributed by atoms with Crippen molar-refractivity contribution in [2.24, 2.45) is 5.92 Å². The Labute approximate surface area is 150 Å². The summed E-state index contributed by atoms with van der Waals surface area (Å²) >= 11 is 0. The first-order valence-corrected chi connectivity index (χ1v) is 10.4. The quantitative estimate of drug-likeness (QED) is 0.593. The topological polar surface area (TPSA) is 105 Å². The fraction of sp³-hybridized carbons (Fsp3) is 0.875. The molecule has 1 heterocycles. The van der Waals surface area contributed by atoms with Crippen LogP contribution in [-0.4, -0.2) is 68.7 Å². The molecule has 1 rings (SSSR count). The maximum absolute atomic E-state index is 12.3. The summed E-state index contributed by atoms with van der Waals surface area (Å²) in [5.74, 6) is -0.306. The predicted molar refractivity (Wildman–Crippen MR) is 95.5 cm³/mol. The van der Waals surface area contributed by atoms with E-state index in [-0.39, 0.29) is 37.0 Å². The molecule has 0 aliphatic carbocycles. The van der Waals surface area contributed by atoms with Crippen LogP contribution in [0.3, 0.4) is 0 Å². The van der Waals surface area contributed by atoms with Gasteiger partial charge in [-0.05, 0) is 26.2 Å². The van der Waals surface area contributed by atoms with Crippen molar-refractivity contribution in [3.05, 3.63) is 0 Å². The molecular formula is C16H31N3O5S. The largest absolute Gasteiger partial charge is 0.373 e. The van der Waals surface area contributed by atoms with E-state index >= 15 is 0 Å². The van der Waals surface area contributed by atoms with E-state index in [1.807, 2.05) is 27.7 Å². The second kappa shape index (κ2) is 10.1. The lowest BCUT2D eigenvalue weighted by Crippen LogP contribution is -2.50.